The summed E-state index contributed by atoms with van der Waals surface area (Å²) in [7, 11) is -0.577. The number of nitrogens with zero attached hydrogens (tertiary/aromatic N) is 1. The van der Waals surface area contributed by atoms with E-state index in [4.69, 9.17) is 9.31 Å². The number of carbonyl (C=O) groups is 3. The number of benzene rings is 2. The summed E-state index contributed by atoms with van der Waals surface area (Å²) in [6.07, 6.45) is 0.393. The van der Waals surface area contributed by atoms with Crippen LogP contribution < -0.4 is 5.46 Å². The zero-order valence-electron chi connectivity index (χ0n) is 20.9. The molecule has 0 radical (unpaired) electrons. The van der Waals surface area contributed by atoms with Gasteiger partial charge < -0.3 is 24.3 Å². The van der Waals surface area contributed by atoms with Crippen molar-refractivity contribution in [3.8, 4) is 0 Å². The SMILES string of the molecule is CC1(C)OB(c2ccc(C3(N4C(=O)c5ccccc5C4=O)CC(O)(C(C=O)CO)C3)cc2)OC1(C)C. The minimum absolute atomic E-state index is 0.0642. The van der Waals surface area contributed by atoms with Crippen molar-refractivity contribution in [3.05, 3.63) is 65.2 Å². The van der Waals surface area contributed by atoms with E-state index >= 15 is 0 Å². The number of aliphatic hydroxyl groups is 2. The van der Waals surface area contributed by atoms with E-state index in [1.165, 1.54) is 4.90 Å². The van der Waals surface area contributed by atoms with Gasteiger partial charge in [0.25, 0.3) is 11.8 Å². The topological polar surface area (TPSA) is 113 Å². The van der Waals surface area contributed by atoms with Crippen LogP contribution in [0.2, 0.25) is 0 Å². The van der Waals surface area contributed by atoms with Gasteiger partial charge in [-0.05, 0) is 50.9 Å². The van der Waals surface area contributed by atoms with Crippen molar-refractivity contribution in [2.75, 3.05) is 6.61 Å². The van der Waals surface area contributed by atoms with Crippen LogP contribution in [0.3, 0.4) is 0 Å². The lowest BCUT2D eigenvalue weighted by Gasteiger charge is -2.58. The molecule has 2 aromatic rings. The second-order valence-corrected chi connectivity index (χ2v) is 11.1. The monoisotopic (exact) mass is 491 g/mol. The van der Waals surface area contributed by atoms with Crippen LogP contribution >= 0.6 is 0 Å². The van der Waals surface area contributed by atoms with E-state index in [1.54, 1.807) is 36.4 Å². The van der Waals surface area contributed by atoms with Crippen LogP contribution in [0.4, 0.5) is 0 Å². The van der Waals surface area contributed by atoms with Gasteiger partial charge in [-0.3, -0.25) is 14.5 Å². The fourth-order valence-corrected chi connectivity index (χ4v) is 5.56. The molecule has 2 fully saturated rings. The summed E-state index contributed by atoms with van der Waals surface area (Å²) in [6.45, 7) is 7.35. The molecule has 0 spiro atoms. The van der Waals surface area contributed by atoms with Crippen LogP contribution in [-0.2, 0) is 19.6 Å². The summed E-state index contributed by atoms with van der Waals surface area (Å²) >= 11 is 0. The Morgan fingerprint density at radius 2 is 1.44 bits per heavy atom. The number of fused-ring (bicyclic) bond motifs is 1. The van der Waals surface area contributed by atoms with Crippen LogP contribution in [-0.4, -0.2) is 63.7 Å². The Kier molecular flexibility index (Phi) is 5.57. The Labute approximate surface area is 210 Å². The molecule has 9 heteroatoms. The molecule has 1 saturated heterocycles. The first-order valence-corrected chi connectivity index (χ1v) is 12.1. The molecular weight excluding hydrogens is 461 g/mol. The van der Waals surface area contributed by atoms with E-state index in [0.717, 1.165) is 5.46 Å². The molecule has 1 unspecified atom stereocenters. The fourth-order valence-electron chi connectivity index (χ4n) is 5.56. The van der Waals surface area contributed by atoms with Crippen LogP contribution in [0.1, 0.15) is 66.8 Å². The fraction of sp³-hybridized carbons (Fsp3) is 0.444. The number of imide groups is 1. The number of hydrogen-bond acceptors (Lipinski definition) is 7. The van der Waals surface area contributed by atoms with E-state index in [-0.39, 0.29) is 12.8 Å². The summed E-state index contributed by atoms with van der Waals surface area (Å²) in [5.74, 6) is -1.91. The molecule has 2 N–H and O–H groups in total. The predicted octanol–water partition coefficient (Wildman–Crippen LogP) is 1.81. The Morgan fingerprint density at radius 3 is 1.89 bits per heavy atom. The van der Waals surface area contributed by atoms with Crippen LogP contribution in [0.15, 0.2) is 48.5 Å². The van der Waals surface area contributed by atoms with E-state index < -0.39 is 53.8 Å². The molecule has 5 rings (SSSR count). The maximum absolute atomic E-state index is 13.4. The van der Waals surface area contributed by atoms with Gasteiger partial charge in [-0.1, -0.05) is 36.4 Å². The third-order valence-corrected chi connectivity index (χ3v) is 8.44. The molecule has 1 atom stereocenters. The van der Waals surface area contributed by atoms with Crippen LogP contribution in [0.25, 0.3) is 0 Å². The zero-order chi connectivity index (χ0) is 26.1. The average Bonchev–Trinajstić information content (AvgIpc) is 3.20. The Hall–Kier alpha value is -2.85. The highest BCUT2D eigenvalue weighted by atomic mass is 16.7. The van der Waals surface area contributed by atoms with Gasteiger partial charge >= 0.3 is 7.12 Å². The first-order chi connectivity index (χ1) is 16.9. The maximum atomic E-state index is 13.4. The Morgan fingerprint density at radius 1 is 0.944 bits per heavy atom. The van der Waals surface area contributed by atoms with Gasteiger partial charge in [-0.2, -0.15) is 0 Å². The highest BCUT2D eigenvalue weighted by Gasteiger charge is 2.64. The molecule has 8 nitrogen and oxygen atoms in total. The largest absolute Gasteiger partial charge is 0.494 e. The summed E-state index contributed by atoms with van der Waals surface area (Å²) in [4.78, 5) is 39.6. The Balaban J connectivity index is 1.52. The lowest BCUT2D eigenvalue weighted by atomic mass is 9.56. The molecule has 0 aromatic heterocycles. The molecule has 1 saturated carbocycles. The van der Waals surface area contributed by atoms with Crippen LogP contribution in [0.5, 0.6) is 0 Å². The van der Waals surface area contributed by atoms with Gasteiger partial charge in [0.1, 0.15) is 6.29 Å². The average molecular weight is 491 g/mol. The lowest BCUT2D eigenvalue weighted by Crippen LogP contribution is -2.67. The van der Waals surface area contributed by atoms with Gasteiger partial charge in [-0.25, -0.2) is 0 Å². The molecule has 1 aliphatic carbocycles. The van der Waals surface area contributed by atoms with Crippen LogP contribution in [0, 0.1) is 5.92 Å². The molecule has 2 aromatic carbocycles. The molecule has 2 heterocycles. The van der Waals surface area contributed by atoms with Gasteiger partial charge in [0.2, 0.25) is 0 Å². The molecule has 2 aliphatic heterocycles. The quantitative estimate of drug-likeness (QED) is 0.360. The highest BCUT2D eigenvalue weighted by molar-refractivity contribution is 6.62. The van der Waals surface area contributed by atoms with E-state index in [9.17, 15) is 24.6 Å². The predicted molar refractivity (Wildman–Crippen MR) is 132 cm³/mol. The summed E-state index contributed by atoms with van der Waals surface area (Å²) in [5.41, 5.74) is -1.69. The van der Waals surface area contributed by atoms with Crippen molar-refractivity contribution in [2.45, 2.75) is 62.9 Å². The normalized spacial score (nSPS) is 29.2. The van der Waals surface area contributed by atoms with Crippen molar-refractivity contribution < 1.29 is 33.9 Å². The van der Waals surface area contributed by atoms with Gasteiger partial charge in [0.15, 0.2) is 0 Å². The molecule has 2 amide bonds. The zero-order valence-corrected chi connectivity index (χ0v) is 20.9. The maximum Gasteiger partial charge on any atom is 0.494 e. The van der Waals surface area contributed by atoms with E-state index in [2.05, 4.69) is 0 Å². The highest BCUT2D eigenvalue weighted by Crippen LogP contribution is 2.56. The van der Waals surface area contributed by atoms with E-state index in [0.29, 0.717) is 23.0 Å². The minimum Gasteiger partial charge on any atom is -0.399 e. The van der Waals surface area contributed by atoms with Gasteiger partial charge in [0.05, 0.1) is 46.0 Å². The smallest absolute Gasteiger partial charge is 0.399 e. The molecule has 188 valence electrons. The van der Waals surface area contributed by atoms with Crippen molar-refractivity contribution in [1.82, 2.24) is 4.90 Å². The molecule has 3 aliphatic rings. The lowest BCUT2D eigenvalue weighted by molar-refractivity contribution is -0.171. The van der Waals surface area contributed by atoms with Crippen molar-refractivity contribution >= 4 is 30.7 Å². The number of amides is 2. The summed E-state index contributed by atoms with van der Waals surface area (Å²) in [5, 5.41) is 20.8. The third kappa shape index (κ3) is 3.41. The summed E-state index contributed by atoms with van der Waals surface area (Å²) in [6, 6.07) is 13.9. The number of carbonyl (C=O) groups excluding carboxylic acids is 3. The Bertz CT molecular complexity index is 1180. The standard InChI is InChI=1S/C27H30BNO7/c1-24(2)25(3,4)36-28(35-24)19-11-9-17(10-12-19)26(15-27(34,16-26)18(13-30)14-31)29-22(32)20-7-5-6-8-21(20)23(29)33/h5-13,18,31,34H,14-16H2,1-4H3. The summed E-state index contributed by atoms with van der Waals surface area (Å²) < 4.78 is 12.3. The number of aliphatic hydroxyl groups excluding tert-OH is 1. The second-order valence-electron chi connectivity index (χ2n) is 11.1. The van der Waals surface area contributed by atoms with Gasteiger partial charge in [0, 0.05) is 12.8 Å². The first kappa shape index (κ1) is 24.8. The third-order valence-electron chi connectivity index (χ3n) is 8.44. The first-order valence-electron chi connectivity index (χ1n) is 12.1. The number of aldehydes is 1. The second kappa shape index (κ2) is 8.08. The molecule has 36 heavy (non-hydrogen) atoms. The molecular formula is C27H30BNO7. The van der Waals surface area contributed by atoms with Crippen molar-refractivity contribution in [1.29, 1.82) is 0 Å². The van der Waals surface area contributed by atoms with E-state index in [1.807, 2.05) is 39.8 Å². The van der Waals surface area contributed by atoms with Crippen molar-refractivity contribution in [3.63, 3.8) is 0 Å². The molecule has 0 bridgehead atoms. The number of hydrogen-bond donors (Lipinski definition) is 2. The van der Waals surface area contributed by atoms with Gasteiger partial charge in [-0.15, -0.1) is 0 Å². The minimum atomic E-state index is -1.55. The van der Waals surface area contributed by atoms with Crippen molar-refractivity contribution in [2.24, 2.45) is 5.92 Å². The number of rotatable bonds is 6.